The normalized spacial score (nSPS) is 11.1. The zero-order valence-corrected chi connectivity index (χ0v) is 18.2. The maximum absolute atomic E-state index is 12.2. The first-order chi connectivity index (χ1) is 14.9. The van der Waals surface area contributed by atoms with Crippen molar-refractivity contribution in [3.63, 3.8) is 0 Å². The second-order valence-electron chi connectivity index (χ2n) is 7.31. The molecule has 0 bridgehead atoms. The first-order valence-electron chi connectivity index (χ1n) is 9.93. The predicted octanol–water partition coefficient (Wildman–Crippen LogP) is 5.38. The van der Waals surface area contributed by atoms with Crippen LogP contribution in [0.3, 0.4) is 0 Å². The fourth-order valence-corrected chi connectivity index (χ4v) is 3.16. The van der Waals surface area contributed by atoms with Gasteiger partial charge in [0.05, 0.1) is 12.8 Å². The Morgan fingerprint density at radius 3 is 2.26 bits per heavy atom. The number of rotatable bonds is 7. The zero-order valence-electron chi connectivity index (χ0n) is 17.5. The van der Waals surface area contributed by atoms with Crippen LogP contribution in [0.15, 0.2) is 77.9 Å². The monoisotopic (exact) mass is 433 g/mol. The standard InChI is InChI=1S/C25H24ClN3O2/c1-17-8-13-22(16-23(17)26)27-24(30)14-18(2)28-29-25(31)15-19-9-11-21(12-10-19)20-6-4-3-5-7-20/h3-13,16H,14-15H2,1-2H3,(H,27,30)(H,29,31)/b28-18+. The van der Waals surface area contributed by atoms with Crippen molar-refractivity contribution in [2.75, 3.05) is 5.32 Å². The van der Waals surface area contributed by atoms with Gasteiger partial charge in [0.1, 0.15) is 0 Å². The van der Waals surface area contributed by atoms with Gasteiger partial charge in [-0.05, 0) is 48.2 Å². The number of aryl methyl sites for hydroxylation is 1. The molecule has 2 N–H and O–H groups in total. The summed E-state index contributed by atoms with van der Waals surface area (Å²) in [7, 11) is 0. The molecule has 2 amide bonds. The summed E-state index contributed by atoms with van der Waals surface area (Å²) in [4.78, 5) is 24.3. The van der Waals surface area contributed by atoms with Gasteiger partial charge in [0.25, 0.3) is 0 Å². The number of nitrogens with zero attached hydrogens (tertiary/aromatic N) is 1. The third-order valence-corrected chi connectivity index (χ3v) is 5.08. The lowest BCUT2D eigenvalue weighted by atomic mass is 10.0. The van der Waals surface area contributed by atoms with E-state index >= 15 is 0 Å². The van der Waals surface area contributed by atoms with Crippen LogP contribution in [0.25, 0.3) is 11.1 Å². The van der Waals surface area contributed by atoms with Crippen molar-refractivity contribution in [1.29, 1.82) is 0 Å². The van der Waals surface area contributed by atoms with Crippen molar-refractivity contribution in [2.45, 2.75) is 26.7 Å². The lowest BCUT2D eigenvalue weighted by Gasteiger charge is -2.07. The largest absolute Gasteiger partial charge is 0.326 e. The van der Waals surface area contributed by atoms with E-state index in [9.17, 15) is 9.59 Å². The van der Waals surface area contributed by atoms with E-state index in [-0.39, 0.29) is 24.7 Å². The first-order valence-corrected chi connectivity index (χ1v) is 10.3. The quantitative estimate of drug-likeness (QED) is 0.388. The molecule has 0 saturated heterocycles. The molecule has 3 rings (SSSR count). The number of hydrazone groups is 1. The predicted molar refractivity (Wildman–Crippen MR) is 126 cm³/mol. The van der Waals surface area contributed by atoms with E-state index < -0.39 is 0 Å². The average molecular weight is 434 g/mol. The minimum atomic E-state index is -0.238. The molecule has 0 aliphatic heterocycles. The summed E-state index contributed by atoms with van der Waals surface area (Å²) in [6.45, 7) is 3.59. The van der Waals surface area contributed by atoms with Crippen LogP contribution >= 0.6 is 11.6 Å². The van der Waals surface area contributed by atoms with E-state index in [1.165, 1.54) is 0 Å². The number of carbonyl (C=O) groups excluding carboxylic acids is 2. The molecule has 0 saturated carbocycles. The summed E-state index contributed by atoms with van der Waals surface area (Å²) in [6, 6.07) is 23.2. The summed E-state index contributed by atoms with van der Waals surface area (Å²) in [5.74, 6) is -0.468. The number of anilines is 1. The van der Waals surface area contributed by atoms with Crippen molar-refractivity contribution in [1.82, 2.24) is 5.43 Å². The highest BCUT2D eigenvalue weighted by molar-refractivity contribution is 6.31. The van der Waals surface area contributed by atoms with E-state index in [0.29, 0.717) is 16.4 Å². The van der Waals surface area contributed by atoms with Crippen LogP contribution in [0.5, 0.6) is 0 Å². The Morgan fingerprint density at radius 2 is 1.58 bits per heavy atom. The molecule has 0 aliphatic rings. The number of hydrogen-bond donors (Lipinski definition) is 2. The molecule has 6 heteroatoms. The molecule has 0 unspecified atom stereocenters. The number of carbonyl (C=O) groups is 2. The minimum Gasteiger partial charge on any atom is -0.326 e. The maximum Gasteiger partial charge on any atom is 0.244 e. The molecule has 0 fully saturated rings. The third kappa shape index (κ3) is 6.79. The maximum atomic E-state index is 12.2. The Morgan fingerprint density at radius 1 is 0.903 bits per heavy atom. The van der Waals surface area contributed by atoms with E-state index in [4.69, 9.17) is 11.6 Å². The smallest absolute Gasteiger partial charge is 0.244 e. The summed E-state index contributed by atoms with van der Waals surface area (Å²) < 4.78 is 0. The molecule has 3 aromatic rings. The second-order valence-corrected chi connectivity index (χ2v) is 7.72. The summed E-state index contributed by atoms with van der Waals surface area (Å²) in [5.41, 5.74) is 7.69. The fourth-order valence-electron chi connectivity index (χ4n) is 2.98. The Labute approximate surface area is 187 Å². The molecule has 0 aliphatic carbocycles. The van der Waals surface area contributed by atoms with Gasteiger partial charge < -0.3 is 5.32 Å². The van der Waals surface area contributed by atoms with Crippen LogP contribution in [0.2, 0.25) is 5.02 Å². The molecule has 0 radical (unpaired) electrons. The van der Waals surface area contributed by atoms with E-state index in [2.05, 4.69) is 15.8 Å². The molecule has 5 nitrogen and oxygen atoms in total. The van der Waals surface area contributed by atoms with Gasteiger partial charge in [0.2, 0.25) is 11.8 Å². The lowest BCUT2D eigenvalue weighted by Crippen LogP contribution is -2.22. The summed E-state index contributed by atoms with van der Waals surface area (Å²) in [5, 5.41) is 7.39. The second kappa shape index (κ2) is 10.5. The Kier molecular flexibility index (Phi) is 7.57. The van der Waals surface area contributed by atoms with Crippen molar-refractivity contribution < 1.29 is 9.59 Å². The van der Waals surface area contributed by atoms with Crippen LogP contribution in [0.1, 0.15) is 24.5 Å². The van der Waals surface area contributed by atoms with Crippen LogP contribution in [0, 0.1) is 6.92 Å². The molecule has 158 valence electrons. The minimum absolute atomic E-state index is 0.0670. The Bertz CT molecular complexity index is 1090. The molecule has 0 spiro atoms. The number of hydrogen-bond acceptors (Lipinski definition) is 3. The van der Waals surface area contributed by atoms with Crippen molar-refractivity contribution in [3.05, 3.63) is 88.9 Å². The number of halogens is 1. The molecular weight excluding hydrogens is 410 g/mol. The zero-order chi connectivity index (χ0) is 22.2. The molecule has 3 aromatic carbocycles. The molecule has 0 atom stereocenters. The van der Waals surface area contributed by atoms with E-state index in [1.54, 1.807) is 19.1 Å². The van der Waals surface area contributed by atoms with Crippen LogP contribution in [-0.4, -0.2) is 17.5 Å². The Hall–Kier alpha value is -3.44. The van der Waals surface area contributed by atoms with Crippen LogP contribution < -0.4 is 10.7 Å². The van der Waals surface area contributed by atoms with Crippen molar-refractivity contribution >= 4 is 34.8 Å². The van der Waals surface area contributed by atoms with Crippen LogP contribution in [0.4, 0.5) is 5.69 Å². The van der Waals surface area contributed by atoms with E-state index in [0.717, 1.165) is 22.3 Å². The summed E-state index contributed by atoms with van der Waals surface area (Å²) >= 11 is 6.07. The van der Waals surface area contributed by atoms with Gasteiger partial charge >= 0.3 is 0 Å². The van der Waals surface area contributed by atoms with Gasteiger partial charge in [-0.15, -0.1) is 0 Å². The SMILES string of the molecule is C/C(CC(=O)Nc1ccc(C)c(Cl)c1)=N\NC(=O)Cc1ccc(-c2ccccc2)cc1. The first kappa shape index (κ1) is 22.2. The highest BCUT2D eigenvalue weighted by Crippen LogP contribution is 2.20. The van der Waals surface area contributed by atoms with Gasteiger partial charge in [-0.1, -0.05) is 72.3 Å². The molecule has 31 heavy (non-hydrogen) atoms. The van der Waals surface area contributed by atoms with Gasteiger partial charge in [-0.25, -0.2) is 5.43 Å². The number of benzene rings is 3. The van der Waals surface area contributed by atoms with Crippen LogP contribution in [-0.2, 0) is 16.0 Å². The highest BCUT2D eigenvalue weighted by atomic mass is 35.5. The average Bonchev–Trinajstić information content (AvgIpc) is 2.76. The lowest BCUT2D eigenvalue weighted by molar-refractivity contribution is -0.120. The van der Waals surface area contributed by atoms with Gasteiger partial charge in [-0.3, -0.25) is 9.59 Å². The fraction of sp³-hybridized carbons (Fsp3) is 0.160. The molecule has 0 aromatic heterocycles. The van der Waals surface area contributed by atoms with Crippen molar-refractivity contribution in [2.24, 2.45) is 5.10 Å². The van der Waals surface area contributed by atoms with Gasteiger partial charge in [0, 0.05) is 16.4 Å². The Balaban J connectivity index is 1.48. The topological polar surface area (TPSA) is 70.6 Å². The summed E-state index contributed by atoms with van der Waals surface area (Å²) in [6.07, 6.45) is 0.275. The van der Waals surface area contributed by atoms with Crippen molar-refractivity contribution in [3.8, 4) is 11.1 Å². The molecule has 0 heterocycles. The van der Waals surface area contributed by atoms with E-state index in [1.807, 2.05) is 67.6 Å². The third-order valence-electron chi connectivity index (χ3n) is 4.67. The number of nitrogens with one attached hydrogen (secondary N) is 2. The highest BCUT2D eigenvalue weighted by Gasteiger charge is 2.08. The van der Waals surface area contributed by atoms with Gasteiger partial charge in [0.15, 0.2) is 0 Å². The van der Waals surface area contributed by atoms with Gasteiger partial charge in [-0.2, -0.15) is 5.10 Å². The number of amides is 2. The molecular formula is C25H24ClN3O2.